The van der Waals surface area contributed by atoms with Gasteiger partial charge < -0.3 is 4.57 Å². The lowest BCUT2D eigenvalue weighted by Crippen LogP contribution is -2.07. The summed E-state index contributed by atoms with van der Waals surface area (Å²) in [5.41, 5.74) is 1.02. The molecule has 18 heavy (non-hydrogen) atoms. The minimum absolute atomic E-state index is 0.227. The van der Waals surface area contributed by atoms with Crippen LogP contribution < -0.4 is 0 Å². The summed E-state index contributed by atoms with van der Waals surface area (Å²) in [5, 5.41) is 8.23. The van der Waals surface area contributed by atoms with Crippen molar-refractivity contribution in [1.82, 2.24) is 14.8 Å². The van der Waals surface area contributed by atoms with Gasteiger partial charge in [0.15, 0.2) is 0 Å². The van der Waals surface area contributed by atoms with Gasteiger partial charge in [0, 0.05) is 13.0 Å². The summed E-state index contributed by atoms with van der Waals surface area (Å²) in [6.45, 7) is 2.95. The Morgan fingerprint density at radius 1 is 1.17 bits per heavy atom. The molecule has 1 aromatic heterocycles. The Hall–Kier alpha value is -1.42. The average Bonchev–Trinajstić information content (AvgIpc) is 2.75. The SMILES string of the molecule is CCCn1c(CCl)nnc1Cc1ccc(F)cc1. The lowest BCUT2D eigenvalue weighted by atomic mass is 10.1. The number of aromatic nitrogens is 3. The highest BCUT2D eigenvalue weighted by Gasteiger charge is 2.10. The van der Waals surface area contributed by atoms with Crippen LogP contribution in [0.2, 0.25) is 0 Å². The molecule has 0 N–H and O–H groups in total. The van der Waals surface area contributed by atoms with Gasteiger partial charge in [0.05, 0.1) is 5.88 Å². The zero-order valence-corrected chi connectivity index (χ0v) is 11.0. The van der Waals surface area contributed by atoms with Gasteiger partial charge in [-0.1, -0.05) is 19.1 Å². The molecule has 2 rings (SSSR count). The van der Waals surface area contributed by atoms with Gasteiger partial charge in [0.1, 0.15) is 17.5 Å². The van der Waals surface area contributed by atoms with E-state index in [1.165, 1.54) is 12.1 Å². The lowest BCUT2D eigenvalue weighted by molar-refractivity contribution is 0.622. The Labute approximate surface area is 111 Å². The van der Waals surface area contributed by atoms with Crippen LogP contribution in [0, 0.1) is 5.82 Å². The van der Waals surface area contributed by atoms with Crippen molar-refractivity contribution >= 4 is 11.6 Å². The molecule has 0 aliphatic rings. The minimum atomic E-state index is -0.227. The largest absolute Gasteiger partial charge is 0.314 e. The molecule has 0 aliphatic heterocycles. The molecular weight excluding hydrogens is 253 g/mol. The highest BCUT2D eigenvalue weighted by Crippen LogP contribution is 2.12. The maximum Gasteiger partial charge on any atom is 0.147 e. The smallest absolute Gasteiger partial charge is 0.147 e. The molecule has 0 atom stereocenters. The summed E-state index contributed by atoms with van der Waals surface area (Å²) < 4.78 is 14.9. The maximum absolute atomic E-state index is 12.8. The molecule has 0 amide bonds. The van der Waals surface area contributed by atoms with Gasteiger partial charge in [-0.2, -0.15) is 0 Å². The number of benzene rings is 1. The molecule has 0 radical (unpaired) electrons. The Morgan fingerprint density at radius 3 is 2.44 bits per heavy atom. The molecular formula is C13H15ClFN3. The summed E-state index contributed by atoms with van der Waals surface area (Å²) in [7, 11) is 0. The quantitative estimate of drug-likeness (QED) is 0.779. The van der Waals surface area contributed by atoms with E-state index in [2.05, 4.69) is 17.1 Å². The Morgan fingerprint density at radius 2 is 1.83 bits per heavy atom. The van der Waals surface area contributed by atoms with Gasteiger partial charge in [0.25, 0.3) is 0 Å². The van der Waals surface area contributed by atoms with Crippen LogP contribution >= 0.6 is 11.6 Å². The highest BCUT2D eigenvalue weighted by atomic mass is 35.5. The van der Waals surface area contributed by atoms with Gasteiger partial charge in [-0.3, -0.25) is 0 Å². The normalized spacial score (nSPS) is 10.8. The monoisotopic (exact) mass is 267 g/mol. The third-order valence-electron chi connectivity index (χ3n) is 2.75. The molecule has 1 aromatic carbocycles. The van der Waals surface area contributed by atoms with Gasteiger partial charge in [-0.15, -0.1) is 21.8 Å². The lowest BCUT2D eigenvalue weighted by Gasteiger charge is -2.07. The van der Waals surface area contributed by atoms with E-state index in [0.29, 0.717) is 12.3 Å². The first-order chi connectivity index (χ1) is 8.74. The fourth-order valence-corrected chi connectivity index (χ4v) is 2.07. The van der Waals surface area contributed by atoms with Crippen molar-refractivity contribution in [2.75, 3.05) is 0 Å². The number of hydrogen-bond acceptors (Lipinski definition) is 2. The van der Waals surface area contributed by atoms with Crippen molar-refractivity contribution in [3.8, 4) is 0 Å². The van der Waals surface area contributed by atoms with Crippen molar-refractivity contribution in [3.05, 3.63) is 47.3 Å². The summed E-state index contributed by atoms with van der Waals surface area (Å²) in [6.07, 6.45) is 1.64. The molecule has 0 spiro atoms. The molecule has 0 unspecified atom stereocenters. The summed E-state index contributed by atoms with van der Waals surface area (Å²) in [5.74, 6) is 1.79. The van der Waals surface area contributed by atoms with Crippen molar-refractivity contribution in [3.63, 3.8) is 0 Å². The third kappa shape index (κ3) is 2.88. The van der Waals surface area contributed by atoms with Crippen LogP contribution in [0.25, 0.3) is 0 Å². The van der Waals surface area contributed by atoms with Crippen LogP contribution in [0.4, 0.5) is 4.39 Å². The predicted octanol–water partition coefficient (Wildman–Crippen LogP) is 3.16. The Balaban J connectivity index is 2.22. The van der Waals surface area contributed by atoms with Crippen molar-refractivity contribution in [2.45, 2.75) is 32.2 Å². The van der Waals surface area contributed by atoms with Gasteiger partial charge in [-0.25, -0.2) is 4.39 Å². The molecule has 0 saturated heterocycles. The predicted molar refractivity (Wildman–Crippen MR) is 69.1 cm³/mol. The molecule has 2 aromatic rings. The van der Waals surface area contributed by atoms with Crippen LogP contribution in [-0.4, -0.2) is 14.8 Å². The number of alkyl halides is 1. The fraction of sp³-hybridized carbons (Fsp3) is 0.385. The number of halogens is 2. The van der Waals surface area contributed by atoms with E-state index < -0.39 is 0 Å². The van der Waals surface area contributed by atoms with Crippen LogP contribution in [0.15, 0.2) is 24.3 Å². The van der Waals surface area contributed by atoms with E-state index in [-0.39, 0.29) is 5.82 Å². The second-order valence-electron chi connectivity index (χ2n) is 4.12. The van der Waals surface area contributed by atoms with E-state index in [1.54, 1.807) is 12.1 Å². The van der Waals surface area contributed by atoms with Crippen molar-refractivity contribution < 1.29 is 4.39 Å². The van der Waals surface area contributed by atoms with Crippen LogP contribution in [0.3, 0.4) is 0 Å². The van der Waals surface area contributed by atoms with Gasteiger partial charge in [0.2, 0.25) is 0 Å². The van der Waals surface area contributed by atoms with Gasteiger partial charge in [-0.05, 0) is 24.1 Å². The molecule has 0 aliphatic carbocycles. The van der Waals surface area contributed by atoms with E-state index in [9.17, 15) is 4.39 Å². The first-order valence-electron chi connectivity index (χ1n) is 5.96. The highest BCUT2D eigenvalue weighted by molar-refractivity contribution is 6.16. The molecule has 0 fully saturated rings. The molecule has 0 saturated carbocycles. The molecule has 96 valence electrons. The van der Waals surface area contributed by atoms with Crippen LogP contribution in [-0.2, 0) is 18.8 Å². The van der Waals surface area contributed by atoms with Crippen LogP contribution in [0.1, 0.15) is 30.6 Å². The second kappa shape index (κ2) is 5.96. The van der Waals surface area contributed by atoms with E-state index in [0.717, 1.165) is 30.2 Å². The topological polar surface area (TPSA) is 30.7 Å². The summed E-state index contributed by atoms with van der Waals surface area (Å²) in [4.78, 5) is 0. The average molecular weight is 268 g/mol. The first kappa shape index (κ1) is 13.0. The summed E-state index contributed by atoms with van der Waals surface area (Å²) >= 11 is 5.83. The van der Waals surface area contributed by atoms with Crippen LogP contribution in [0.5, 0.6) is 0 Å². The zero-order valence-electron chi connectivity index (χ0n) is 10.2. The molecule has 0 bridgehead atoms. The number of rotatable bonds is 5. The Kier molecular flexibility index (Phi) is 4.31. The molecule has 5 heteroatoms. The maximum atomic E-state index is 12.8. The number of nitrogens with zero attached hydrogens (tertiary/aromatic N) is 3. The first-order valence-corrected chi connectivity index (χ1v) is 6.49. The summed E-state index contributed by atoms with van der Waals surface area (Å²) in [6, 6.07) is 6.44. The van der Waals surface area contributed by atoms with Crippen molar-refractivity contribution in [2.24, 2.45) is 0 Å². The second-order valence-corrected chi connectivity index (χ2v) is 4.39. The minimum Gasteiger partial charge on any atom is -0.314 e. The molecule has 3 nitrogen and oxygen atoms in total. The fourth-order valence-electron chi connectivity index (χ4n) is 1.87. The van der Waals surface area contributed by atoms with Crippen molar-refractivity contribution in [1.29, 1.82) is 0 Å². The zero-order chi connectivity index (χ0) is 13.0. The number of hydrogen-bond donors (Lipinski definition) is 0. The standard InChI is InChI=1S/C13H15ClFN3/c1-2-7-18-12(16-17-13(18)9-14)8-10-3-5-11(15)6-4-10/h3-6H,2,7-9H2,1H3. The Bertz CT molecular complexity index is 507. The van der Waals surface area contributed by atoms with E-state index >= 15 is 0 Å². The van der Waals surface area contributed by atoms with E-state index in [4.69, 9.17) is 11.6 Å². The third-order valence-corrected chi connectivity index (χ3v) is 2.99. The van der Waals surface area contributed by atoms with Gasteiger partial charge >= 0.3 is 0 Å². The molecule has 1 heterocycles. The van der Waals surface area contributed by atoms with E-state index in [1.807, 2.05) is 4.57 Å².